The minimum Gasteiger partial charge on any atom is -0.398 e. The third-order valence-electron chi connectivity index (χ3n) is 5.28. The van der Waals surface area contributed by atoms with Crippen LogP contribution in [-0.4, -0.2) is 27.9 Å². The van der Waals surface area contributed by atoms with Crippen molar-refractivity contribution in [1.29, 1.82) is 0 Å². The summed E-state index contributed by atoms with van der Waals surface area (Å²) < 4.78 is 40.7. The van der Waals surface area contributed by atoms with E-state index >= 15 is 0 Å². The number of halogens is 1. The van der Waals surface area contributed by atoms with Crippen molar-refractivity contribution in [1.82, 2.24) is 19.5 Å². The number of benzene rings is 2. The summed E-state index contributed by atoms with van der Waals surface area (Å²) >= 11 is 0. The molecule has 0 spiro atoms. The van der Waals surface area contributed by atoms with E-state index in [4.69, 9.17) is 5.73 Å². The maximum absolute atomic E-state index is 13.4. The van der Waals surface area contributed by atoms with Gasteiger partial charge in [-0.15, -0.1) is 0 Å². The Bertz CT molecular complexity index is 1730. The molecule has 0 saturated heterocycles. The molecule has 4 N–H and O–H groups in total. The summed E-state index contributed by atoms with van der Waals surface area (Å²) in [5.41, 5.74) is 6.60. The van der Waals surface area contributed by atoms with E-state index in [9.17, 15) is 17.6 Å². The number of sulfone groups is 1. The third-order valence-corrected chi connectivity index (χ3v) is 7.10. The van der Waals surface area contributed by atoms with Gasteiger partial charge in [0, 0.05) is 41.4 Å². The third kappa shape index (κ3) is 3.48. The topological polar surface area (TPSA) is 136 Å². The van der Waals surface area contributed by atoms with Crippen LogP contribution in [0.3, 0.4) is 0 Å². The van der Waals surface area contributed by atoms with Crippen LogP contribution in [0.4, 0.5) is 21.7 Å². The Hall–Kier alpha value is -4.25. The monoisotopic (exact) mass is 464 g/mol. The van der Waals surface area contributed by atoms with Gasteiger partial charge in [0.25, 0.3) is 5.56 Å². The normalized spacial score (nSPS) is 11.8. The molecule has 0 atom stereocenters. The first-order valence-corrected chi connectivity index (χ1v) is 11.2. The lowest BCUT2D eigenvalue weighted by Gasteiger charge is -2.12. The Morgan fingerprint density at radius 3 is 2.67 bits per heavy atom. The van der Waals surface area contributed by atoms with Crippen LogP contribution in [0, 0.1) is 5.82 Å². The number of aromatic nitrogens is 4. The van der Waals surface area contributed by atoms with Crippen molar-refractivity contribution >= 4 is 49.1 Å². The van der Waals surface area contributed by atoms with Crippen molar-refractivity contribution in [2.24, 2.45) is 7.05 Å². The highest BCUT2D eigenvalue weighted by atomic mass is 32.2. The molecule has 3 heterocycles. The lowest BCUT2D eigenvalue weighted by molar-refractivity contribution is 0.593. The highest BCUT2D eigenvalue weighted by Gasteiger charge is 2.26. The first-order valence-electron chi connectivity index (χ1n) is 9.75. The molecule has 2 aromatic carbocycles. The molecule has 11 heteroatoms. The van der Waals surface area contributed by atoms with Crippen molar-refractivity contribution in [2.45, 2.75) is 9.79 Å². The second kappa shape index (κ2) is 7.41. The lowest BCUT2D eigenvalue weighted by Crippen LogP contribution is -2.25. The number of anilines is 3. The maximum Gasteiger partial charge on any atom is 0.271 e. The molecule has 33 heavy (non-hydrogen) atoms. The highest BCUT2D eigenvalue weighted by molar-refractivity contribution is 7.91. The number of hydrogen-bond acceptors (Lipinski definition) is 7. The first kappa shape index (κ1) is 20.6. The minimum absolute atomic E-state index is 0.241. The average molecular weight is 464 g/mol. The van der Waals surface area contributed by atoms with Crippen LogP contribution < -0.4 is 16.6 Å². The predicted molar refractivity (Wildman–Crippen MR) is 123 cm³/mol. The van der Waals surface area contributed by atoms with Crippen LogP contribution in [0.1, 0.15) is 0 Å². The zero-order chi connectivity index (χ0) is 23.3. The standard InChI is InChI=1S/C22H17FN6O3S/c1-29-20-13(9-19(21(29)30)33(31,32)18-5-2-14(23)10-16(18)24)11-26-22(28-20)27-15-3-4-17-12(8-15)6-7-25-17/h2-11,25H,24H2,1H3,(H,26,27,28). The van der Waals surface area contributed by atoms with Gasteiger partial charge >= 0.3 is 0 Å². The number of nitrogens with one attached hydrogen (secondary N) is 2. The van der Waals surface area contributed by atoms with E-state index in [1.165, 1.54) is 19.3 Å². The predicted octanol–water partition coefficient (Wildman–Crippen LogP) is 3.11. The SMILES string of the molecule is Cn1c(=O)c(S(=O)(=O)c2ccc(F)cc2N)cc2cnc(Nc3ccc4[nH]ccc4c3)nc21. The highest BCUT2D eigenvalue weighted by Crippen LogP contribution is 2.27. The van der Waals surface area contributed by atoms with Crippen molar-refractivity contribution in [3.8, 4) is 0 Å². The number of aryl methyl sites for hydroxylation is 1. The smallest absolute Gasteiger partial charge is 0.271 e. The number of fused-ring (bicyclic) bond motifs is 2. The molecule has 0 fully saturated rings. The van der Waals surface area contributed by atoms with Gasteiger partial charge in [0.2, 0.25) is 15.8 Å². The van der Waals surface area contributed by atoms with E-state index in [0.29, 0.717) is 5.39 Å². The van der Waals surface area contributed by atoms with Crippen molar-refractivity contribution in [3.63, 3.8) is 0 Å². The Labute approximate surface area is 186 Å². The number of aromatic amines is 1. The molecule has 166 valence electrons. The van der Waals surface area contributed by atoms with Gasteiger partial charge in [-0.2, -0.15) is 4.98 Å². The molecule has 0 radical (unpaired) electrons. The number of nitrogen functional groups attached to an aromatic ring is 1. The van der Waals surface area contributed by atoms with Crippen LogP contribution in [0.2, 0.25) is 0 Å². The molecule has 0 saturated carbocycles. The summed E-state index contributed by atoms with van der Waals surface area (Å²) in [6.07, 6.45) is 3.26. The fourth-order valence-electron chi connectivity index (χ4n) is 3.61. The number of nitrogens with two attached hydrogens (primary N) is 1. The molecule has 5 aromatic rings. The quantitative estimate of drug-likeness (QED) is 0.275. The van der Waals surface area contributed by atoms with Crippen molar-refractivity contribution in [3.05, 3.63) is 77.1 Å². The number of pyridine rings is 1. The lowest BCUT2D eigenvalue weighted by atomic mass is 10.2. The molecule has 0 unspecified atom stereocenters. The van der Waals surface area contributed by atoms with Gasteiger partial charge in [0.1, 0.15) is 16.4 Å². The van der Waals surface area contributed by atoms with Crippen LogP contribution >= 0.6 is 0 Å². The molecular weight excluding hydrogens is 447 g/mol. The van der Waals surface area contributed by atoms with Crippen LogP contribution in [0.25, 0.3) is 21.9 Å². The first-order chi connectivity index (χ1) is 15.7. The van der Waals surface area contributed by atoms with Crippen molar-refractivity contribution in [2.75, 3.05) is 11.1 Å². The fourth-order valence-corrected chi connectivity index (χ4v) is 5.11. The minimum atomic E-state index is -4.30. The molecule has 0 amide bonds. The zero-order valence-electron chi connectivity index (χ0n) is 17.2. The Balaban J connectivity index is 1.58. The number of hydrogen-bond donors (Lipinski definition) is 3. The summed E-state index contributed by atoms with van der Waals surface area (Å²) in [5.74, 6) is -0.437. The van der Waals surface area contributed by atoms with E-state index in [1.807, 2.05) is 30.5 Å². The molecule has 0 aliphatic carbocycles. The molecule has 9 nitrogen and oxygen atoms in total. The van der Waals surface area contributed by atoms with E-state index in [0.717, 1.165) is 39.4 Å². The maximum atomic E-state index is 13.4. The molecule has 5 rings (SSSR count). The Morgan fingerprint density at radius 1 is 1.06 bits per heavy atom. The van der Waals surface area contributed by atoms with Gasteiger partial charge in [-0.3, -0.25) is 9.36 Å². The Morgan fingerprint density at radius 2 is 1.88 bits per heavy atom. The number of nitrogens with zero attached hydrogens (tertiary/aromatic N) is 3. The summed E-state index contributed by atoms with van der Waals surface area (Å²) in [6.45, 7) is 0. The fraction of sp³-hybridized carbons (Fsp3) is 0.0455. The van der Waals surface area contributed by atoms with Gasteiger partial charge < -0.3 is 16.0 Å². The van der Waals surface area contributed by atoms with E-state index < -0.39 is 26.1 Å². The van der Waals surface area contributed by atoms with Gasteiger partial charge in [-0.05, 0) is 48.5 Å². The summed E-state index contributed by atoms with van der Waals surface area (Å²) in [7, 11) is -2.89. The number of rotatable bonds is 4. The van der Waals surface area contributed by atoms with E-state index in [-0.39, 0.29) is 22.2 Å². The van der Waals surface area contributed by atoms with E-state index in [1.54, 1.807) is 0 Å². The second-order valence-electron chi connectivity index (χ2n) is 7.44. The second-order valence-corrected chi connectivity index (χ2v) is 9.32. The molecule has 0 aliphatic heterocycles. The summed E-state index contributed by atoms with van der Waals surface area (Å²) in [5, 5.41) is 4.43. The zero-order valence-corrected chi connectivity index (χ0v) is 18.0. The largest absolute Gasteiger partial charge is 0.398 e. The molecule has 0 aliphatic rings. The van der Waals surface area contributed by atoms with Crippen LogP contribution in [0.5, 0.6) is 0 Å². The van der Waals surface area contributed by atoms with Gasteiger partial charge in [0.15, 0.2) is 0 Å². The average Bonchev–Trinajstić information content (AvgIpc) is 3.24. The van der Waals surface area contributed by atoms with Gasteiger partial charge in [0.05, 0.1) is 10.6 Å². The Kier molecular flexibility index (Phi) is 4.64. The van der Waals surface area contributed by atoms with Crippen molar-refractivity contribution < 1.29 is 12.8 Å². The van der Waals surface area contributed by atoms with Crippen LogP contribution in [-0.2, 0) is 16.9 Å². The molecular formula is C22H17FN6O3S. The van der Waals surface area contributed by atoms with Crippen LogP contribution in [0.15, 0.2) is 75.5 Å². The summed E-state index contributed by atoms with van der Waals surface area (Å²) in [4.78, 5) is 23.9. The molecule has 3 aromatic heterocycles. The summed E-state index contributed by atoms with van der Waals surface area (Å²) in [6, 6.07) is 11.7. The number of H-pyrrole nitrogens is 1. The molecule has 0 bridgehead atoms. The van der Waals surface area contributed by atoms with Gasteiger partial charge in [-0.1, -0.05) is 0 Å². The van der Waals surface area contributed by atoms with Gasteiger partial charge in [-0.25, -0.2) is 17.8 Å². The van der Waals surface area contributed by atoms with E-state index in [2.05, 4.69) is 20.3 Å².